The zero-order chi connectivity index (χ0) is 23.3. The van der Waals surface area contributed by atoms with Crippen LogP contribution in [0, 0.1) is 0 Å². The van der Waals surface area contributed by atoms with Gasteiger partial charge in [-0.15, -0.1) is 0 Å². The summed E-state index contributed by atoms with van der Waals surface area (Å²) in [5.41, 5.74) is 0.819. The molecule has 1 aliphatic heterocycles. The fraction of sp³-hybridized carbons (Fsp3) is 0.391. The SMILES string of the molecule is CNC(=O)c1ccc(O[C@@H](C)C(=O)N2CCN(C(=O)c3ccccc3)C[C@H]2C)c(OC)n1. The molecule has 2 aromatic rings. The highest BCUT2D eigenvalue weighted by molar-refractivity contribution is 5.94. The predicted octanol–water partition coefficient (Wildman–Crippen LogP) is 1.59. The van der Waals surface area contributed by atoms with E-state index in [1.54, 1.807) is 34.9 Å². The summed E-state index contributed by atoms with van der Waals surface area (Å²) in [6.07, 6.45) is -0.796. The molecule has 0 bridgehead atoms. The van der Waals surface area contributed by atoms with E-state index in [0.717, 1.165) is 0 Å². The average molecular weight is 441 g/mol. The highest BCUT2D eigenvalue weighted by Gasteiger charge is 2.33. The van der Waals surface area contributed by atoms with Gasteiger partial charge in [0, 0.05) is 38.3 Å². The number of benzene rings is 1. The molecule has 0 aliphatic carbocycles. The third-order valence-corrected chi connectivity index (χ3v) is 5.35. The van der Waals surface area contributed by atoms with Gasteiger partial charge in [0.05, 0.1) is 7.11 Å². The number of pyridine rings is 1. The molecule has 170 valence electrons. The summed E-state index contributed by atoms with van der Waals surface area (Å²) in [7, 11) is 2.93. The Bertz CT molecular complexity index is 982. The average Bonchev–Trinajstić information content (AvgIpc) is 2.83. The van der Waals surface area contributed by atoms with Crippen molar-refractivity contribution in [1.82, 2.24) is 20.1 Å². The van der Waals surface area contributed by atoms with E-state index >= 15 is 0 Å². The molecular weight excluding hydrogens is 412 g/mol. The Morgan fingerprint density at radius 3 is 2.47 bits per heavy atom. The minimum absolute atomic E-state index is 0.0409. The Hall–Kier alpha value is -3.62. The number of aromatic nitrogens is 1. The predicted molar refractivity (Wildman–Crippen MR) is 118 cm³/mol. The third kappa shape index (κ3) is 4.99. The first kappa shape index (κ1) is 23.1. The fourth-order valence-electron chi connectivity index (χ4n) is 3.63. The van der Waals surface area contributed by atoms with Crippen molar-refractivity contribution < 1.29 is 23.9 Å². The molecule has 3 rings (SSSR count). The molecule has 2 heterocycles. The highest BCUT2D eigenvalue weighted by Crippen LogP contribution is 2.26. The standard InChI is InChI=1S/C23H28N4O5/c1-15-14-26(23(30)17-8-6-5-7-9-17)12-13-27(15)22(29)16(2)32-19-11-10-18(20(28)24-3)25-21(19)31-4/h5-11,15-16H,12-14H2,1-4H3,(H,24,28)/t15-,16+/m1/s1. The van der Waals surface area contributed by atoms with Crippen molar-refractivity contribution in [2.45, 2.75) is 26.0 Å². The maximum absolute atomic E-state index is 13.1. The van der Waals surface area contributed by atoms with Gasteiger partial charge in [-0.05, 0) is 38.1 Å². The monoisotopic (exact) mass is 440 g/mol. The fourth-order valence-corrected chi connectivity index (χ4v) is 3.63. The smallest absolute Gasteiger partial charge is 0.269 e. The molecule has 1 aliphatic rings. The molecular formula is C23H28N4O5. The Morgan fingerprint density at radius 1 is 1.12 bits per heavy atom. The van der Waals surface area contributed by atoms with Crippen LogP contribution in [0.25, 0.3) is 0 Å². The molecule has 0 saturated carbocycles. The molecule has 1 aromatic carbocycles. The van der Waals surface area contributed by atoms with Crippen LogP contribution < -0.4 is 14.8 Å². The van der Waals surface area contributed by atoms with E-state index in [-0.39, 0.29) is 41.1 Å². The van der Waals surface area contributed by atoms with Gasteiger partial charge in [-0.25, -0.2) is 4.98 Å². The van der Waals surface area contributed by atoms with Crippen LogP contribution >= 0.6 is 0 Å². The molecule has 0 spiro atoms. The lowest BCUT2D eigenvalue weighted by Gasteiger charge is -2.40. The second kappa shape index (κ2) is 10.1. The lowest BCUT2D eigenvalue weighted by atomic mass is 10.1. The van der Waals surface area contributed by atoms with E-state index in [1.165, 1.54) is 20.2 Å². The molecule has 32 heavy (non-hydrogen) atoms. The zero-order valence-corrected chi connectivity index (χ0v) is 18.7. The van der Waals surface area contributed by atoms with Gasteiger partial charge in [-0.3, -0.25) is 14.4 Å². The van der Waals surface area contributed by atoms with Crippen molar-refractivity contribution in [1.29, 1.82) is 0 Å². The summed E-state index contributed by atoms with van der Waals surface area (Å²) in [5, 5.41) is 2.49. The quantitative estimate of drug-likeness (QED) is 0.732. The summed E-state index contributed by atoms with van der Waals surface area (Å²) < 4.78 is 11.0. The first-order valence-electron chi connectivity index (χ1n) is 10.4. The Kier molecular flexibility index (Phi) is 7.29. The van der Waals surface area contributed by atoms with E-state index < -0.39 is 6.10 Å². The van der Waals surface area contributed by atoms with Crippen LogP contribution in [0.2, 0.25) is 0 Å². The molecule has 1 aromatic heterocycles. The maximum atomic E-state index is 13.1. The molecule has 2 atom stereocenters. The van der Waals surface area contributed by atoms with Crippen molar-refractivity contribution in [2.75, 3.05) is 33.8 Å². The van der Waals surface area contributed by atoms with Crippen molar-refractivity contribution >= 4 is 17.7 Å². The normalized spacial score (nSPS) is 16.8. The Balaban J connectivity index is 1.64. The molecule has 1 N–H and O–H groups in total. The Morgan fingerprint density at radius 2 is 1.84 bits per heavy atom. The molecule has 0 unspecified atom stereocenters. The second-order valence-corrected chi connectivity index (χ2v) is 7.54. The van der Waals surface area contributed by atoms with Gasteiger partial charge in [0.25, 0.3) is 23.6 Å². The van der Waals surface area contributed by atoms with Crippen molar-refractivity contribution in [3.63, 3.8) is 0 Å². The molecule has 1 saturated heterocycles. The molecule has 0 radical (unpaired) electrons. The van der Waals surface area contributed by atoms with Crippen LogP contribution in [-0.2, 0) is 4.79 Å². The number of carbonyl (C=O) groups is 3. The lowest BCUT2D eigenvalue weighted by molar-refractivity contribution is -0.142. The van der Waals surface area contributed by atoms with Crippen molar-refractivity contribution in [3.8, 4) is 11.6 Å². The van der Waals surface area contributed by atoms with Crippen LogP contribution in [-0.4, -0.2) is 78.4 Å². The minimum Gasteiger partial charge on any atom is -0.478 e. The van der Waals surface area contributed by atoms with Gasteiger partial charge in [-0.2, -0.15) is 0 Å². The van der Waals surface area contributed by atoms with Gasteiger partial charge in [0.1, 0.15) is 5.69 Å². The van der Waals surface area contributed by atoms with Crippen LogP contribution in [0.15, 0.2) is 42.5 Å². The van der Waals surface area contributed by atoms with E-state index in [2.05, 4.69) is 10.3 Å². The number of rotatable bonds is 6. The number of hydrogen-bond donors (Lipinski definition) is 1. The molecule has 9 nitrogen and oxygen atoms in total. The van der Waals surface area contributed by atoms with Crippen molar-refractivity contribution in [3.05, 3.63) is 53.7 Å². The Labute approximate surface area is 187 Å². The van der Waals surface area contributed by atoms with Gasteiger partial charge >= 0.3 is 0 Å². The summed E-state index contributed by atoms with van der Waals surface area (Å²) in [4.78, 5) is 45.2. The number of nitrogens with one attached hydrogen (secondary N) is 1. The third-order valence-electron chi connectivity index (χ3n) is 5.35. The van der Waals surface area contributed by atoms with Gasteiger partial charge in [0.15, 0.2) is 11.9 Å². The first-order chi connectivity index (χ1) is 15.3. The number of nitrogens with zero attached hydrogens (tertiary/aromatic N) is 3. The minimum atomic E-state index is -0.796. The van der Waals surface area contributed by atoms with E-state index in [9.17, 15) is 14.4 Å². The highest BCUT2D eigenvalue weighted by atomic mass is 16.5. The first-order valence-corrected chi connectivity index (χ1v) is 10.4. The van der Waals surface area contributed by atoms with Crippen molar-refractivity contribution in [2.24, 2.45) is 0 Å². The number of ether oxygens (including phenoxy) is 2. The summed E-state index contributed by atoms with van der Waals surface area (Å²) >= 11 is 0. The lowest BCUT2D eigenvalue weighted by Crippen LogP contribution is -2.57. The number of amides is 3. The van der Waals surface area contributed by atoms with Crippen LogP contribution in [0.4, 0.5) is 0 Å². The maximum Gasteiger partial charge on any atom is 0.269 e. The largest absolute Gasteiger partial charge is 0.478 e. The second-order valence-electron chi connectivity index (χ2n) is 7.54. The number of hydrogen-bond acceptors (Lipinski definition) is 6. The number of piperazine rings is 1. The van der Waals surface area contributed by atoms with Crippen LogP contribution in [0.3, 0.4) is 0 Å². The molecule has 1 fully saturated rings. The molecule has 3 amide bonds. The summed E-state index contributed by atoms with van der Waals surface area (Å²) in [6.45, 7) is 4.87. The van der Waals surface area contributed by atoms with Crippen LogP contribution in [0.5, 0.6) is 11.6 Å². The van der Waals surface area contributed by atoms with Crippen LogP contribution in [0.1, 0.15) is 34.7 Å². The topological polar surface area (TPSA) is 101 Å². The number of carbonyl (C=O) groups excluding carboxylic acids is 3. The summed E-state index contributed by atoms with van der Waals surface area (Å²) in [6, 6.07) is 12.0. The summed E-state index contributed by atoms with van der Waals surface area (Å²) in [5.74, 6) is -0.193. The van der Waals surface area contributed by atoms with E-state index in [0.29, 0.717) is 25.2 Å². The zero-order valence-electron chi connectivity index (χ0n) is 18.7. The van der Waals surface area contributed by atoms with Gasteiger partial charge in [0.2, 0.25) is 0 Å². The van der Waals surface area contributed by atoms with Gasteiger partial charge in [-0.1, -0.05) is 18.2 Å². The number of methoxy groups -OCH3 is 1. The van der Waals surface area contributed by atoms with Gasteiger partial charge < -0.3 is 24.6 Å². The van der Waals surface area contributed by atoms with E-state index in [1.807, 2.05) is 25.1 Å². The van der Waals surface area contributed by atoms with E-state index in [4.69, 9.17) is 9.47 Å². The molecule has 9 heteroatoms.